The number of aromatic nitrogens is 1. The molecule has 1 aliphatic rings. The quantitative estimate of drug-likeness (QED) is 0.719. The third-order valence-corrected chi connectivity index (χ3v) is 2.44. The summed E-state index contributed by atoms with van der Waals surface area (Å²) in [7, 11) is 1.90. The number of nitrogens with one attached hydrogen (secondary N) is 2. The second-order valence-electron chi connectivity index (χ2n) is 3.35. The Bertz CT molecular complexity index is 279. The van der Waals surface area contributed by atoms with Crippen molar-refractivity contribution in [3.05, 3.63) is 23.9 Å². The van der Waals surface area contributed by atoms with E-state index in [1.807, 2.05) is 19.2 Å². The van der Waals surface area contributed by atoms with Gasteiger partial charge in [0.15, 0.2) is 0 Å². The molecule has 1 atom stereocenters. The maximum Gasteiger partial charge on any atom is 0.126 e. The van der Waals surface area contributed by atoms with Crippen LogP contribution in [0.3, 0.4) is 0 Å². The van der Waals surface area contributed by atoms with Crippen LogP contribution in [0.4, 0.5) is 5.82 Å². The molecule has 0 saturated carbocycles. The molecule has 0 aromatic carbocycles. The monoisotopic (exact) mass is 177 g/mol. The maximum absolute atomic E-state index is 4.50. The highest BCUT2D eigenvalue weighted by atomic mass is 15.0. The minimum absolute atomic E-state index is 0.466. The van der Waals surface area contributed by atoms with Crippen molar-refractivity contribution in [1.29, 1.82) is 0 Å². The smallest absolute Gasteiger partial charge is 0.126 e. The van der Waals surface area contributed by atoms with Crippen LogP contribution in [0.2, 0.25) is 0 Å². The van der Waals surface area contributed by atoms with E-state index < -0.39 is 0 Å². The van der Waals surface area contributed by atoms with Gasteiger partial charge in [-0.3, -0.25) is 0 Å². The highest BCUT2D eigenvalue weighted by molar-refractivity contribution is 5.35. The molecule has 1 aliphatic heterocycles. The first kappa shape index (κ1) is 8.51. The van der Waals surface area contributed by atoms with Gasteiger partial charge in [-0.2, -0.15) is 0 Å². The SMILES string of the molecule is CNc1cccc(C2CCCN2)n1. The van der Waals surface area contributed by atoms with E-state index in [0.29, 0.717) is 6.04 Å². The number of hydrogen-bond acceptors (Lipinski definition) is 3. The van der Waals surface area contributed by atoms with Gasteiger partial charge in [0.1, 0.15) is 5.82 Å². The van der Waals surface area contributed by atoms with Crippen LogP contribution in [0.5, 0.6) is 0 Å². The zero-order valence-electron chi connectivity index (χ0n) is 7.88. The van der Waals surface area contributed by atoms with Crippen molar-refractivity contribution in [2.45, 2.75) is 18.9 Å². The summed E-state index contributed by atoms with van der Waals surface area (Å²) in [4.78, 5) is 4.50. The lowest BCUT2D eigenvalue weighted by atomic mass is 10.1. The Hall–Kier alpha value is -1.09. The fourth-order valence-electron chi connectivity index (χ4n) is 1.72. The number of hydrogen-bond donors (Lipinski definition) is 2. The Kier molecular flexibility index (Phi) is 2.45. The molecule has 0 amide bonds. The summed E-state index contributed by atoms with van der Waals surface area (Å²) >= 11 is 0. The molecule has 2 heterocycles. The molecule has 0 radical (unpaired) electrons. The predicted molar refractivity (Wildman–Crippen MR) is 53.8 cm³/mol. The number of pyridine rings is 1. The van der Waals surface area contributed by atoms with Gasteiger partial charge in [0.2, 0.25) is 0 Å². The van der Waals surface area contributed by atoms with E-state index in [4.69, 9.17) is 0 Å². The topological polar surface area (TPSA) is 37.0 Å². The van der Waals surface area contributed by atoms with Crippen LogP contribution >= 0.6 is 0 Å². The molecular formula is C10H15N3. The van der Waals surface area contributed by atoms with Gasteiger partial charge in [0, 0.05) is 13.1 Å². The van der Waals surface area contributed by atoms with Gasteiger partial charge in [-0.05, 0) is 31.5 Å². The van der Waals surface area contributed by atoms with Crippen molar-refractivity contribution in [2.24, 2.45) is 0 Å². The predicted octanol–water partition coefficient (Wildman–Crippen LogP) is 1.55. The second kappa shape index (κ2) is 3.75. The van der Waals surface area contributed by atoms with Crippen molar-refractivity contribution < 1.29 is 0 Å². The summed E-state index contributed by atoms with van der Waals surface area (Å²) in [5.74, 6) is 0.950. The zero-order valence-corrected chi connectivity index (χ0v) is 7.88. The lowest BCUT2D eigenvalue weighted by Crippen LogP contribution is -2.14. The average molecular weight is 177 g/mol. The van der Waals surface area contributed by atoms with Crippen molar-refractivity contribution in [1.82, 2.24) is 10.3 Å². The standard InChI is InChI=1S/C10H15N3/c1-11-10-6-2-4-9(13-10)8-5-3-7-12-8/h2,4,6,8,12H,3,5,7H2,1H3,(H,11,13). The summed E-state index contributed by atoms with van der Waals surface area (Å²) in [6, 6.07) is 6.59. The van der Waals surface area contributed by atoms with Crippen molar-refractivity contribution in [3.63, 3.8) is 0 Å². The summed E-state index contributed by atoms with van der Waals surface area (Å²) in [5, 5.41) is 6.49. The molecule has 1 aromatic rings. The van der Waals surface area contributed by atoms with Gasteiger partial charge >= 0.3 is 0 Å². The maximum atomic E-state index is 4.50. The van der Waals surface area contributed by atoms with Gasteiger partial charge in [-0.1, -0.05) is 6.07 Å². The summed E-state index contributed by atoms with van der Waals surface area (Å²) in [6.45, 7) is 1.12. The molecule has 70 valence electrons. The summed E-state index contributed by atoms with van der Waals surface area (Å²) in [5.41, 5.74) is 1.16. The lowest BCUT2D eigenvalue weighted by Gasteiger charge is -2.10. The van der Waals surface area contributed by atoms with E-state index in [1.165, 1.54) is 12.8 Å². The van der Waals surface area contributed by atoms with Crippen LogP contribution in [0, 0.1) is 0 Å². The van der Waals surface area contributed by atoms with Gasteiger partial charge in [-0.25, -0.2) is 4.98 Å². The van der Waals surface area contributed by atoms with Crippen molar-refractivity contribution in [3.8, 4) is 0 Å². The molecule has 1 saturated heterocycles. The van der Waals surface area contributed by atoms with E-state index in [-0.39, 0.29) is 0 Å². The molecule has 0 aliphatic carbocycles. The Morgan fingerprint density at radius 3 is 3.15 bits per heavy atom. The lowest BCUT2D eigenvalue weighted by molar-refractivity contribution is 0.628. The van der Waals surface area contributed by atoms with Crippen LogP contribution < -0.4 is 10.6 Å². The van der Waals surface area contributed by atoms with E-state index in [9.17, 15) is 0 Å². The zero-order chi connectivity index (χ0) is 9.10. The highest BCUT2D eigenvalue weighted by Gasteiger charge is 2.16. The molecule has 2 N–H and O–H groups in total. The summed E-state index contributed by atoms with van der Waals surface area (Å²) < 4.78 is 0. The summed E-state index contributed by atoms with van der Waals surface area (Å²) in [6.07, 6.45) is 2.47. The van der Waals surface area contributed by atoms with E-state index in [2.05, 4.69) is 21.7 Å². The van der Waals surface area contributed by atoms with Crippen LogP contribution in [-0.4, -0.2) is 18.6 Å². The van der Waals surface area contributed by atoms with E-state index >= 15 is 0 Å². The molecule has 3 heteroatoms. The van der Waals surface area contributed by atoms with Gasteiger partial charge in [0.25, 0.3) is 0 Å². The fraction of sp³-hybridized carbons (Fsp3) is 0.500. The van der Waals surface area contributed by atoms with Crippen molar-refractivity contribution >= 4 is 5.82 Å². The molecule has 0 spiro atoms. The molecule has 0 bridgehead atoms. The first-order valence-electron chi connectivity index (χ1n) is 4.78. The second-order valence-corrected chi connectivity index (χ2v) is 3.35. The molecule has 1 unspecified atom stereocenters. The number of rotatable bonds is 2. The first-order chi connectivity index (χ1) is 6.40. The molecular weight excluding hydrogens is 162 g/mol. The number of anilines is 1. The van der Waals surface area contributed by atoms with Crippen LogP contribution in [0.1, 0.15) is 24.6 Å². The Morgan fingerprint density at radius 2 is 2.46 bits per heavy atom. The Morgan fingerprint density at radius 1 is 1.54 bits per heavy atom. The molecule has 1 fully saturated rings. The minimum Gasteiger partial charge on any atom is -0.373 e. The van der Waals surface area contributed by atoms with Crippen LogP contribution in [0.15, 0.2) is 18.2 Å². The van der Waals surface area contributed by atoms with Gasteiger partial charge < -0.3 is 10.6 Å². The molecule has 1 aromatic heterocycles. The van der Waals surface area contributed by atoms with Crippen LogP contribution in [-0.2, 0) is 0 Å². The van der Waals surface area contributed by atoms with Gasteiger partial charge in [0.05, 0.1) is 5.69 Å². The normalized spacial score (nSPS) is 21.8. The third-order valence-electron chi connectivity index (χ3n) is 2.44. The van der Waals surface area contributed by atoms with Crippen molar-refractivity contribution in [2.75, 3.05) is 18.9 Å². The molecule has 2 rings (SSSR count). The minimum atomic E-state index is 0.466. The average Bonchev–Trinajstić information content (AvgIpc) is 2.71. The van der Waals surface area contributed by atoms with E-state index in [0.717, 1.165) is 18.1 Å². The highest BCUT2D eigenvalue weighted by Crippen LogP contribution is 2.21. The van der Waals surface area contributed by atoms with Gasteiger partial charge in [-0.15, -0.1) is 0 Å². The first-order valence-corrected chi connectivity index (χ1v) is 4.78. The molecule has 13 heavy (non-hydrogen) atoms. The fourth-order valence-corrected chi connectivity index (χ4v) is 1.72. The third kappa shape index (κ3) is 1.80. The molecule has 3 nitrogen and oxygen atoms in total. The number of nitrogens with zero attached hydrogens (tertiary/aromatic N) is 1. The largest absolute Gasteiger partial charge is 0.373 e. The van der Waals surface area contributed by atoms with E-state index in [1.54, 1.807) is 0 Å². The Labute approximate surface area is 78.6 Å². The van der Waals surface area contributed by atoms with Crippen LogP contribution in [0.25, 0.3) is 0 Å². The Balaban J connectivity index is 2.18.